The number of hydrogen-bond donors (Lipinski definition) is 0. The minimum Gasteiger partial charge on any atom is -0.458 e. The molecule has 0 saturated heterocycles. The van der Waals surface area contributed by atoms with E-state index in [0.29, 0.717) is 12.8 Å². The van der Waals surface area contributed by atoms with Crippen LogP contribution in [0.1, 0.15) is 207 Å². The second-order valence-corrected chi connectivity index (χ2v) is 12.6. The Morgan fingerprint density at radius 2 is 0.786 bits per heavy atom. The van der Waals surface area contributed by atoms with E-state index in [1.54, 1.807) is 6.08 Å². The highest BCUT2D eigenvalue weighted by atomic mass is 16.6. The largest absolute Gasteiger partial charge is 0.458 e. The predicted molar refractivity (Wildman–Crippen MR) is 181 cm³/mol. The van der Waals surface area contributed by atoms with Gasteiger partial charge in [0.1, 0.15) is 6.10 Å². The summed E-state index contributed by atoms with van der Waals surface area (Å²) in [4.78, 5) is 25.4. The van der Waals surface area contributed by atoms with Crippen LogP contribution in [0.5, 0.6) is 0 Å². The molecule has 0 aromatic rings. The van der Waals surface area contributed by atoms with Gasteiger partial charge < -0.3 is 9.47 Å². The van der Waals surface area contributed by atoms with E-state index in [9.17, 15) is 9.59 Å². The zero-order chi connectivity index (χ0) is 30.9. The molecule has 0 spiro atoms. The lowest BCUT2D eigenvalue weighted by atomic mass is 10.0. The molecule has 0 heterocycles. The first kappa shape index (κ1) is 40.7. The Balaban J connectivity index is 4.51. The fourth-order valence-corrected chi connectivity index (χ4v) is 5.64. The molecule has 0 saturated carbocycles. The standard InChI is InChI=1S/C38H72O4/c1-5-9-12-15-18-21-24-27-30-33-37(39)41-35(8-4)36(32-29-26-23-20-17-14-11-7-3)42-38(40)34-31-28-25-22-19-16-13-10-6-2/h8,35-36H,4-7,9-34H2,1-3H3. The monoisotopic (exact) mass is 593 g/mol. The summed E-state index contributed by atoms with van der Waals surface area (Å²) in [5, 5.41) is 0. The lowest BCUT2D eigenvalue weighted by Gasteiger charge is -2.25. The highest BCUT2D eigenvalue weighted by molar-refractivity contribution is 5.70. The second kappa shape index (κ2) is 32.6. The first-order valence-electron chi connectivity index (χ1n) is 18.6. The van der Waals surface area contributed by atoms with Crippen LogP contribution in [0, 0.1) is 0 Å². The number of unbranched alkanes of at least 4 members (excludes halogenated alkanes) is 23. The van der Waals surface area contributed by atoms with Crippen LogP contribution in [0.25, 0.3) is 0 Å². The van der Waals surface area contributed by atoms with Crippen molar-refractivity contribution in [1.82, 2.24) is 0 Å². The Bertz CT molecular complexity index is 602. The normalized spacial score (nSPS) is 12.6. The molecule has 4 heteroatoms. The van der Waals surface area contributed by atoms with Crippen LogP contribution < -0.4 is 0 Å². The molecule has 4 nitrogen and oxygen atoms in total. The molecule has 0 aromatic heterocycles. The fraction of sp³-hybridized carbons (Fsp3) is 0.895. The number of hydrogen-bond acceptors (Lipinski definition) is 4. The van der Waals surface area contributed by atoms with E-state index in [2.05, 4.69) is 27.4 Å². The van der Waals surface area contributed by atoms with Crippen molar-refractivity contribution >= 4 is 11.9 Å². The van der Waals surface area contributed by atoms with Crippen molar-refractivity contribution < 1.29 is 19.1 Å². The molecule has 42 heavy (non-hydrogen) atoms. The molecular weight excluding hydrogens is 520 g/mol. The SMILES string of the molecule is C=CC(OC(=O)CCCCCCCCCCC)C(CCCCCCCCCC)OC(=O)CCCCCCCCCCC. The van der Waals surface area contributed by atoms with Gasteiger partial charge in [0.05, 0.1) is 0 Å². The average Bonchev–Trinajstić information content (AvgIpc) is 2.99. The molecule has 0 fully saturated rings. The van der Waals surface area contributed by atoms with Crippen LogP contribution in [0.4, 0.5) is 0 Å². The zero-order valence-corrected chi connectivity index (χ0v) is 28.6. The van der Waals surface area contributed by atoms with Gasteiger partial charge in [-0.25, -0.2) is 0 Å². The van der Waals surface area contributed by atoms with Crippen LogP contribution >= 0.6 is 0 Å². The van der Waals surface area contributed by atoms with E-state index in [0.717, 1.165) is 44.9 Å². The summed E-state index contributed by atoms with van der Waals surface area (Å²) in [5.74, 6) is -0.358. The minimum absolute atomic E-state index is 0.163. The van der Waals surface area contributed by atoms with Gasteiger partial charge in [-0.3, -0.25) is 9.59 Å². The molecule has 0 radical (unpaired) electrons. The smallest absolute Gasteiger partial charge is 0.306 e. The molecule has 248 valence electrons. The molecule has 0 rings (SSSR count). The maximum Gasteiger partial charge on any atom is 0.306 e. The highest BCUT2D eigenvalue weighted by Gasteiger charge is 2.26. The summed E-state index contributed by atoms with van der Waals surface area (Å²) < 4.78 is 11.8. The van der Waals surface area contributed by atoms with Crippen LogP contribution in [0.15, 0.2) is 12.7 Å². The van der Waals surface area contributed by atoms with Gasteiger partial charge in [0.2, 0.25) is 0 Å². The maximum atomic E-state index is 12.8. The van der Waals surface area contributed by atoms with E-state index < -0.39 is 12.2 Å². The maximum absolute atomic E-state index is 12.8. The average molecular weight is 593 g/mol. The van der Waals surface area contributed by atoms with Gasteiger partial charge in [0.25, 0.3) is 0 Å². The van der Waals surface area contributed by atoms with Gasteiger partial charge in [-0.15, -0.1) is 0 Å². The van der Waals surface area contributed by atoms with Crippen molar-refractivity contribution in [3.05, 3.63) is 12.7 Å². The van der Waals surface area contributed by atoms with E-state index in [4.69, 9.17) is 9.47 Å². The first-order chi connectivity index (χ1) is 20.6. The quantitative estimate of drug-likeness (QED) is 0.0432. The molecule has 0 aliphatic rings. The van der Waals surface area contributed by atoms with E-state index in [1.807, 2.05) is 0 Å². The van der Waals surface area contributed by atoms with Crippen LogP contribution in [0.3, 0.4) is 0 Å². The summed E-state index contributed by atoms with van der Waals surface area (Å²) in [5.41, 5.74) is 0. The van der Waals surface area contributed by atoms with Crippen LogP contribution in [-0.2, 0) is 19.1 Å². The number of carbonyl (C=O) groups is 2. The van der Waals surface area contributed by atoms with Crippen molar-refractivity contribution in [2.45, 2.75) is 219 Å². The van der Waals surface area contributed by atoms with Gasteiger partial charge in [0.15, 0.2) is 6.10 Å². The van der Waals surface area contributed by atoms with E-state index in [-0.39, 0.29) is 11.9 Å². The van der Waals surface area contributed by atoms with Gasteiger partial charge in [-0.05, 0) is 31.8 Å². The van der Waals surface area contributed by atoms with Crippen molar-refractivity contribution in [3.8, 4) is 0 Å². The molecule has 0 bridgehead atoms. The van der Waals surface area contributed by atoms with Gasteiger partial charge >= 0.3 is 11.9 Å². The highest BCUT2D eigenvalue weighted by Crippen LogP contribution is 2.19. The Labute approximate surface area is 262 Å². The third kappa shape index (κ3) is 27.5. The van der Waals surface area contributed by atoms with Gasteiger partial charge in [-0.1, -0.05) is 175 Å². The van der Waals surface area contributed by atoms with Crippen molar-refractivity contribution in [1.29, 1.82) is 0 Å². The van der Waals surface area contributed by atoms with Gasteiger partial charge in [0, 0.05) is 12.8 Å². The summed E-state index contributed by atoms with van der Waals surface area (Å²) >= 11 is 0. The van der Waals surface area contributed by atoms with Crippen molar-refractivity contribution in [3.63, 3.8) is 0 Å². The summed E-state index contributed by atoms with van der Waals surface area (Å²) in [6.45, 7) is 10.7. The molecule has 0 aromatic carbocycles. The minimum atomic E-state index is -0.562. The van der Waals surface area contributed by atoms with E-state index in [1.165, 1.54) is 128 Å². The number of carbonyl (C=O) groups excluding carboxylic acids is 2. The Hall–Kier alpha value is -1.32. The molecule has 0 amide bonds. The third-order valence-electron chi connectivity index (χ3n) is 8.46. The number of rotatable bonds is 33. The summed E-state index contributed by atoms with van der Waals surface area (Å²) in [7, 11) is 0. The second-order valence-electron chi connectivity index (χ2n) is 12.6. The first-order valence-corrected chi connectivity index (χ1v) is 18.6. The Morgan fingerprint density at radius 3 is 1.14 bits per heavy atom. The fourth-order valence-electron chi connectivity index (χ4n) is 5.64. The number of esters is 2. The lowest BCUT2D eigenvalue weighted by molar-refractivity contribution is -0.165. The molecule has 0 aliphatic carbocycles. The molecule has 2 atom stereocenters. The zero-order valence-electron chi connectivity index (χ0n) is 28.6. The summed E-state index contributed by atoms with van der Waals surface area (Å²) in [6.07, 6.45) is 34.0. The van der Waals surface area contributed by atoms with Crippen molar-refractivity contribution in [2.75, 3.05) is 0 Å². The molecule has 0 N–H and O–H groups in total. The third-order valence-corrected chi connectivity index (χ3v) is 8.46. The molecule has 0 aliphatic heterocycles. The van der Waals surface area contributed by atoms with Gasteiger partial charge in [-0.2, -0.15) is 0 Å². The van der Waals surface area contributed by atoms with Crippen molar-refractivity contribution in [2.24, 2.45) is 0 Å². The Kier molecular flexibility index (Phi) is 31.6. The predicted octanol–water partition coefficient (Wildman–Crippen LogP) is 12.4. The van der Waals surface area contributed by atoms with Crippen LogP contribution in [0.2, 0.25) is 0 Å². The Morgan fingerprint density at radius 1 is 0.476 bits per heavy atom. The number of ether oxygens (including phenoxy) is 2. The van der Waals surface area contributed by atoms with Crippen LogP contribution in [-0.4, -0.2) is 24.1 Å². The van der Waals surface area contributed by atoms with E-state index >= 15 is 0 Å². The summed E-state index contributed by atoms with van der Waals surface area (Å²) in [6, 6.07) is 0. The molecule has 2 unspecified atom stereocenters. The lowest BCUT2D eigenvalue weighted by Crippen LogP contribution is -2.34. The topological polar surface area (TPSA) is 52.6 Å². The molecular formula is C38H72O4.